The fraction of sp³-hybridized carbons (Fsp3) is 0.667. The minimum Gasteiger partial charge on any atom is -0.326 e. The Morgan fingerprint density at radius 1 is 1.75 bits per heavy atom. The van der Waals surface area contributed by atoms with Crippen molar-refractivity contribution >= 4 is 11.3 Å². The van der Waals surface area contributed by atoms with Crippen molar-refractivity contribution in [3.8, 4) is 0 Å². The van der Waals surface area contributed by atoms with Gasteiger partial charge >= 0.3 is 0 Å². The van der Waals surface area contributed by atoms with Crippen LogP contribution in [0.3, 0.4) is 0 Å². The third-order valence-corrected chi connectivity index (χ3v) is 3.72. The molecule has 66 valence electrons. The topological polar surface area (TPSA) is 38.9 Å². The molecule has 1 saturated carbocycles. The van der Waals surface area contributed by atoms with E-state index in [4.69, 9.17) is 5.73 Å². The SMILES string of the molecule is CC1(C)CC1c1ncc(CN)s1. The summed E-state index contributed by atoms with van der Waals surface area (Å²) in [4.78, 5) is 5.58. The zero-order valence-electron chi connectivity index (χ0n) is 7.50. The van der Waals surface area contributed by atoms with E-state index in [-0.39, 0.29) is 0 Å². The lowest BCUT2D eigenvalue weighted by atomic mass is 10.1. The van der Waals surface area contributed by atoms with Crippen molar-refractivity contribution in [2.24, 2.45) is 11.1 Å². The summed E-state index contributed by atoms with van der Waals surface area (Å²) in [7, 11) is 0. The molecular weight excluding hydrogens is 168 g/mol. The molecule has 0 saturated heterocycles. The van der Waals surface area contributed by atoms with Gasteiger partial charge in [0.1, 0.15) is 0 Å². The van der Waals surface area contributed by atoms with E-state index in [2.05, 4.69) is 18.8 Å². The molecule has 1 aliphatic rings. The van der Waals surface area contributed by atoms with Crippen molar-refractivity contribution in [3.05, 3.63) is 16.1 Å². The van der Waals surface area contributed by atoms with E-state index in [0.29, 0.717) is 17.9 Å². The normalized spacial score (nSPS) is 25.8. The van der Waals surface area contributed by atoms with Crippen LogP contribution in [0.4, 0.5) is 0 Å². The van der Waals surface area contributed by atoms with Crippen LogP contribution in [0.5, 0.6) is 0 Å². The molecule has 0 radical (unpaired) electrons. The molecule has 0 amide bonds. The monoisotopic (exact) mass is 182 g/mol. The predicted octanol–water partition coefficient (Wildman–Crippen LogP) is 2.12. The van der Waals surface area contributed by atoms with Crippen LogP contribution in [0, 0.1) is 5.41 Å². The molecule has 0 aromatic carbocycles. The second kappa shape index (κ2) is 2.54. The van der Waals surface area contributed by atoms with Gasteiger partial charge in [0.15, 0.2) is 0 Å². The smallest absolute Gasteiger partial charge is 0.0964 e. The Balaban J connectivity index is 2.15. The Kier molecular flexibility index (Phi) is 1.73. The molecule has 1 aliphatic carbocycles. The number of hydrogen-bond donors (Lipinski definition) is 1. The van der Waals surface area contributed by atoms with Gasteiger partial charge < -0.3 is 5.73 Å². The van der Waals surface area contributed by atoms with Crippen molar-refractivity contribution in [3.63, 3.8) is 0 Å². The Morgan fingerprint density at radius 3 is 2.83 bits per heavy atom. The molecule has 0 bridgehead atoms. The maximum absolute atomic E-state index is 5.52. The average molecular weight is 182 g/mol. The van der Waals surface area contributed by atoms with Crippen LogP contribution >= 0.6 is 11.3 Å². The number of nitrogens with two attached hydrogens (primary N) is 1. The van der Waals surface area contributed by atoms with Crippen molar-refractivity contribution < 1.29 is 0 Å². The highest BCUT2D eigenvalue weighted by molar-refractivity contribution is 7.11. The third-order valence-electron chi connectivity index (χ3n) is 2.58. The minimum absolute atomic E-state index is 0.490. The summed E-state index contributed by atoms with van der Waals surface area (Å²) in [6, 6.07) is 0. The van der Waals surface area contributed by atoms with Crippen molar-refractivity contribution in [1.82, 2.24) is 4.98 Å². The van der Waals surface area contributed by atoms with Crippen molar-refractivity contribution in [2.45, 2.75) is 32.7 Å². The molecule has 1 heterocycles. The zero-order valence-corrected chi connectivity index (χ0v) is 8.32. The van der Waals surface area contributed by atoms with E-state index in [9.17, 15) is 0 Å². The summed E-state index contributed by atoms with van der Waals surface area (Å²) in [5.41, 5.74) is 6.01. The van der Waals surface area contributed by atoms with Gasteiger partial charge in [-0.25, -0.2) is 4.98 Å². The molecule has 1 fully saturated rings. The summed E-state index contributed by atoms with van der Waals surface area (Å²) in [6.45, 7) is 5.22. The van der Waals surface area contributed by atoms with Crippen LogP contribution in [0.1, 0.15) is 36.1 Å². The molecular formula is C9H14N2S. The molecule has 2 nitrogen and oxygen atoms in total. The first-order valence-corrected chi connectivity index (χ1v) is 5.10. The lowest BCUT2D eigenvalue weighted by Crippen LogP contribution is -1.91. The van der Waals surface area contributed by atoms with Gasteiger partial charge in [-0.2, -0.15) is 0 Å². The van der Waals surface area contributed by atoms with Crippen LogP contribution in [-0.2, 0) is 6.54 Å². The predicted molar refractivity (Wildman–Crippen MR) is 51.1 cm³/mol. The fourth-order valence-corrected chi connectivity index (χ4v) is 2.57. The Labute approximate surface area is 76.8 Å². The summed E-state index contributed by atoms with van der Waals surface area (Å²) in [5, 5.41) is 1.28. The molecule has 12 heavy (non-hydrogen) atoms. The number of hydrogen-bond acceptors (Lipinski definition) is 3. The van der Waals surface area contributed by atoms with Crippen molar-refractivity contribution in [2.75, 3.05) is 0 Å². The van der Waals surface area contributed by atoms with Gasteiger partial charge in [-0.05, 0) is 11.8 Å². The van der Waals surface area contributed by atoms with Gasteiger partial charge in [-0.1, -0.05) is 13.8 Å². The van der Waals surface area contributed by atoms with Gasteiger partial charge in [-0.3, -0.25) is 0 Å². The first kappa shape index (κ1) is 8.20. The van der Waals surface area contributed by atoms with Crippen LogP contribution in [0.15, 0.2) is 6.20 Å². The van der Waals surface area contributed by atoms with E-state index >= 15 is 0 Å². The van der Waals surface area contributed by atoms with Crippen LogP contribution in [0.25, 0.3) is 0 Å². The van der Waals surface area contributed by atoms with E-state index < -0.39 is 0 Å². The van der Waals surface area contributed by atoms with E-state index in [1.165, 1.54) is 16.3 Å². The highest BCUT2D eigenvalue weighted by Gasteiger charge is 2.48. The molecule has 0 spiro atoms. The first-order valence-electron chi connectivity index (χ1n) is 4.28. The van der Waals surface area contributed by atoms with Gasteiger partial charge in [0.05, 0.1) is 5.01 Å². The molecule has 2 rings (SSSR count). The fourth-order valence-electron chi connectivity index (χ4n) is 1.47. The highest BCUT2D eigenvalue weighted by Crippen LogP contribution is 2.59. The standard InChI is InChI=1S/C9H14N2S/c1-9(2)3-7(9)8-11-5-6(4-10)12-8/h5,7H,3-4,10H2,1-2H3. The van der Waals surface area contributed by atoms with E-state index in [1.54, 1.807) is 11.3 Å². The first-order chi connectivity index (χ1) is 5.63. The zero-order chi connectivity index (χ0) is 8.77. The molecule has 3 heteroatoms. The Hall–Kier alpha value is -0.410. The lowest BCUT2D eigenvalue weighted by Gasteiger charge is -1.97. The van der Waals surface area contributed by atoms with Crippen molar-refractivity contribution in [1.29, 1.82) is 0 Å². The molecule has 1 aromatic rings. The molecule has 1 aromatic heterocycles. The average Bonchev–Trinajstić information content (AvgIpc) is 2.52. The second-order valence-corrected chi connectivity index (χ2v) is 5.26. The summed E-state index contributed by atoms with van der Waals surface area (Å²) >= 11 is 1.77. The minimum atomic E-state index is 0.490. The number of rotatable bonds is 2. The van der Waals surface area contributed by atoms with E-state index in [0.717, 1.165) is 0 Å². The number of thiazole rings is 1. The molecule has 1 atom stereocenters. The lowest BCUT2D eigenvalue weighted by molar-refractivity contribution is 0.620. The summed E-state index contributed by atoms with van der Waals surface area (Å²) < 4.78 is 0. The maximum atomic E-state index is 5.52. The molecule has 0 aliphatic heterocycles. The third kappa shape index (κ3) is 1.27. The second-order valence-electron chi connectivity index (χ2n) is 4.11. The summed E-state index contributed by atoms with van der Waals surface area (Å²) in [6.07, 6.45) is 3.19. The number of aromatic nitrogens is 1. The highest BCUT2D eigenvalue weighted by atomic mass is 32.1. The van der Waals surface area contributed by atoms with E-state index in [1.807, 2.05) is 6.20 Å². The van der Waals surface area contributed by atoms with Crippen LogP contribution in [0.2, 0.25) is 0 Å². The Bertz CT molecular complexity index is 290. The van der Waals surface area contributed by atoms with Gasteiger partial charge in [-0.15, -0.1) is 11.3 Å². The molecule has 2 N–H and O–H groups in total. The summed E-state index contributed by atoms with van der Waals surface area (Å²) in [5.74, 6) is 0.697. The molecule has 1 unspecified atom stereocenters. The van der Waals surface area contributed by atoms with Crippen LogP contribution in [-0.4, -0.2) is 4.98 Å². The Morgan fingerprint density at radius 2 is 2.42 bits per heavy atom. The number of nitrogens with zero attached hydrogens (tertiary/aromatic N) is 1. The quantitative estimate of drug-likeness (QED) is 0.761. The van der Waals surface area contributed by atoms with Crippen LogP contribution < -0.4 is 5.73 Å². The largest absolute Gasteiger partial charge is 0.326 e. The van der Waals surface area contributed by atoms with Gasteiger partial charge in [0.25, 0.3) is 0 Å². The maximum Gasteiger partial charge on any atom is 0.0964 e. The van der Waals surface area contributed by atoms with Gasteiger partial charge in [0, 0.05) is 23.5 Å². The van der Waals surface area contributed by atoms with Gasteiger partial charge in [0.2, 0.25) is 0 Å².